The van der Waals surface area contributed by atoms with Crippen molar-refractivity contribution in [2.24, 2.45) is 0 Å². The van der Waals surface area contributed by atoms with E-state index in [1.165, 1.54) is 50.1 Å². The third kappa shape index (κ3) is 4.21. The summed E-state index contributed by atoms with van der Waals surface area (Å²) in [6, 6.07) is 18.2. The number of nitrogens with zero attached hydrogens (tertiary/aromatic N) is 2. The molecule has 0 radical (unpaired) electrons. The van der Waals surface area contributed by atoms with Gasteiger partial charge in [0.15, 0.2) is 0 Å². The first-order valence-electron chi connectivity index (χ1n) is 14.0. The first kappa shape index (κ1) is 26.2. The van der Waals surface area contributed by atoms with Crippen LogP contribution in [0.25, 0.3) is 10.8 Å². The number of benzene rings is 3. The number of likely N-dealkylation sites (N-methyl/N-ethyl adjacent to an activating group) is 1. The van der Waals surface area contributed by atoms with Crippen LogP contribution in [0.2, 0.25) is 0 Å². The molecule has 1 unspecified atom stereocenters. The van der Waals surface area contributed by atoms with Crippen LogP contribution in [-0.2, 0) is 23.7 Å². The van der Waals surface area contributed by atoms with E-state index in [2.05, 4.69) is 169 Å². The molecule has 0 bridgehead atoms. The van der Waals surface area contributed by atoms with E-state index >= 15 is 0 Å². The van der Waals surface area contributed by atoms with Crippen LogP contribution in [0.3, 0.4) is 0 Å². The SMILES string of the molecule is CN1/C(=C/C=C/C=C/C=C/C2N(I)c3ccc4ccccc4c3C2(C)C)C(C)(C)c2c1ccc1c2CC=CC1. The third-order valence-corrected chi connectivity index (χ3v) is 10.1. The molecular weight excluding hydrogens is 587 g/mol. The van der Waals surface area contributed by atoms with Crippen molar-refractivity contribution in [3.05, 3.63) is 131 Å². The van der Waals surface area contributed by atoms with Crippen molar-refractivity contribution in [2.45, 2.75) is 57.4 Å². The van der Waals surface area contributed by atoms with Gasteiger partial charge < -0.3 is 8.01 Å². The fraction of sp³-hybridized carbons (Fsp3) is 0.278. The van der Waals surface area contributed by atoms with Gasteiger partial charge in [-0.05, 0) is 64.1 Å². The lowest BCUT2D eigenvalue weighted by atomic mass is 9.77. The first-order chi connectivity index (χ1) is 18.7. The quantitative estimate of drug-likeness (QED) is 0.124. The van der Waals surface area contributed by atoms with Crippen LogP contribution < -0.4 is 8.01 Å². The summed E-state index contributed by atoms with van der Waals surface area (Å²) in [7, 11) is 2.21. The van der Waals surface area contributed by atoms with Gasteiger partial charge >= 0.3 is 0 Å². The highest BCUT2D eigenvalue weighted by Crippen LogP contribution is 2.51. The second-order valence-electron chi connectivity index (χ2n) is 12.0. The predicted octanol–water partition coefficient (Wildman–Crippen LogP) is 9.29. The lowest BCUT2D eigenvalue weighted by molar-refractivity contribution is 0.511. The number of hydrogen-bond acceptors (Lipinski definition) is 2. The van der Waals surface area contributed by atoms with Crippen molar-refractivity contribution in [3.8, 4) is 0 Å². The Bertz CT molecular complexity index is 1600. The van der Waals surface area contributed by atoms with Gasteiger partial charge in [-0.3, -0.25) is 0 Å². The molecule has 1 aliphatic carbocycles. The van der Waals surface area contributed by atoms with E-state index in [0.29, 0.717) is 6.04 Å². The summed E-state index contributed by atoms with van der Waals surface area (Å²) in [5.41, 5.74) is 9.99. The largest absolute Gasteiger partial charge is 0.347 e. The van der Waals surface area contributed by atoms with E-state index in [4.69, 9.17) is 0 Å². The van der Waals surface area contributed by atoms with Gasteiger partial charge in [-0.15, -0.1) is 0 Å². The molecule has 0 N–H and O–H groups in total. The number of fused-ring (bicyclic) bond motifs is 6. The van der Waals surface area contributed by atoms with E-state index < -0.39 is 0 Å². The molecule has 0 aromatic heterocycles. The number of hydrogen-bond donors (Lipinski definition) is 0. The van der Waals surface area contributed by atoms with Crippen molar-refractivity contribution in [3.63, 3.8) is 0 Å². The lowest BCUT2D eigenvalue weighted by Crippen LogP contribution is -2.34. The molecule has 0 fully saturated rings. The maximum absolute atomic E-state index is 2.49. The molecule has 0 saturated carbocycles. The molecule has 3 aromatic rings. The van der Waals surface area contributed by atoms with Crippen molar-refractivity contribution >= 4 is 45.0 Å². The number of allylic oxidation sites excluding steroid dienone is 9. The van der Waals surface area contributed by atoms with E-state index in [1.807, 2.05) is 0 Å². The third-order valence-electron chi connectivity index (χ3n) is 8.96. The first-order valence-corrected chi connectivity index (χ1v) is 14.9. The Hall–Kier alpha value is -3.05. The number of rotatable bonds is 4. The topological polar surface area (TPSA) is 6.48 Å². The van der Waals surface area contributed by atoms with Crippen LogP contribution in [-0.4, -0.2) is 13.1 Å². The van der Waals surface area contributed by atoms with E-state index in [0.717, 1.165) is 12.8 Å². The highest BCUT2D eigenvalue weighted by Gasteiger charge is 2.43. The second kappa shape index (κ2) is 9.85. The highest BCUT2D eigenvalue weighted by atomic mass is 127. The predicted molar refractivity (Wildman–Crippen MR) is 177 cm³/mol. The Morgan fingerprint density at radius 2 is 1.51 bits per heavy atom. The van der Waals surface area contributed by atoms with E-state index in [1.54, 1.807) is 0 Å². The molecule has 3 aliphatic rings. The number of halogens is 1. The normalized spacial score (nSPS) is 22.1. The van der Waals surface area contributed by atoms with Gasteiger partial charge in [-0.25, -0.2) is 0 Å². The Morgan fingerprint density at radius 1 is 0.795 bits per heavy atom. The zero-order valence-electron chi connectivity index (χ0n) is 23.6. The van der Waals surface area contributed by atoms with Crippen molar-refractivity contribution in [1.82, 2.24) is 0 Å². The van der Waals surface area contributed by atoms with E-state index in [-0.39, 0.29) is 10.8 Å². The molecule has 0 amide bonds. The van der Waals surface area contributed by atoms with Gasteiger partial charge in [0.1, 0.15) is 0 Å². The smallest absolute Gasteiger partial charge is 0.0668 e. The molecule has 39 heavy (non-hydrogen) atoms. The summed E-state index contributed by atoms with van der Waals surface area (Å²) >= 11 is 2.49. The minimum absolute atomic E-state index is 0.00839. The summed E-state index contributed by atoms with van der Waals surface area (Å²) in [6.07, 6.45) is 22.2. The summed E-state index contributed by atoms with van der Waals surface area (Å²) in [5.74, 6) is 0. The monoisotopic (exact) mass is 624 g/mol. The zero-order valence-corrected chi connectivity index (χ0v) is 25.7. The molecule has 6 rings (SSSR count). The van der Waals surface area contributed by atoms with Crippen LogP contribution in [0.5, 0.6) is 0 Å². The van der Waals surface area contributed by atoms with Gasteiger partial charge in [0, 0.05) is 29.3 Å². The molecule has 3 heteroatoms. The minimum Gasteiger partial charge on any atom is -0.347 e. The van der Waals surface area contributed by atoms with Gasteiger partial charge in [0.25, 0.3) is 0 Å². The van der Waals surface area contributed by atoms with Crippen molar-refractivity contribution < 1.29 is 0 Å². The molecule has 0 saturated heterocycles. The molecular formula is C36H37IN2. The fourth-order valence-electron chi connectivity index (χ4n) is 7.01. The maximum atomic E-state index is 2.49. The van der Waals surface area contributed by atoms with Gasteiger partial charge in [0.2, 0.25) is 0 Å². The Morgan fingerprint density at radius 3 is 2.36 bits per heavy atom. The summed E-state index contributed by atoms with van der Waals surface area (Å²) < 4.78 is 2.40. The Balaban J connectivity index is 1.18. The lowest BCUT2D eigenvalue weighted by Gasteiger charge is -2.28. The Kier molecular flexibility index (Phi) is 6.61. The summed E-state index contributed by atoms with van der Waals surface area (Å²) in [4.78, 5) is 2.38. The number of anilines is 2. The molecule has 1 atom stereocenters. The summed E-state index contributed by atoms with van der Waals surface area (Å²) in [6.45, 7) is 9.47. The second-order valence-corrected chi connectivity index (χ2v) is 13.1. The van der Waals surface area contributed by atoms with Crippen molar-refractivity contribution in [2.75, 3.05) is 15.1 Å². The van der Waals surface area contributed by atoms with Crippen LogP contribution in [0.4, 0.5) is 11.4 Å². The van der Waals surface area contributed by atoms with Crippen molar-refractivity contribution in [1.29, 1.82) is 0 Å². The van der Waals surface area contributed by atoms with Crippen LogP contribution >= 0.6 is 22.9 Å². The summed E-state index contributed by atoms with van der Waals surface area (Å²) in [5, 5.41) is 2.68. The maximum Gasteiger partial charge on any atom is 0.0668 e. The molecule has 0 spiro atoms. The molecule has 2 heterocycles. The van der Waals surface area contributed by atoms with Crippen LogP contribution in [0.15, 0.2) is 109 Å². The van der Waals surface area contributed by atoms with Crippen LogP contribution in [0.1, 0.15) is 49.9 Å². The van der Waals surface area contributed by atoms with Crippen LogP contribution in [0, 0.1) is 0 Å². The highest BCUT2D eigenvalue weighted by molar-refractivity contribution is 14.1. The average Bonchev–Trinajstić information content (AvgIpc) is 3.25. The average molecular weight is 625 g/mol. The minimum atomic E-state index is -0.00839. The fourth-order valence-corrected chi connectivity index (χ4v) is 8.29. The molecule has 198 valence electrons. The Labute approximate surface area is 247 Å². The molecule has 2 nitrogen and oxygen atoms in total. The van der Waals surface area contributed by atoms with Gasteiger partial charge in [0.05, 0.1) is 34.6 Å². The molecule has 2 aliphatic heterocycles. The zero-order chi connectivity index (χ0) is 27.4. The standard InChI is InChI=1S/C36H37IN2/c1-35(2)31(38(5)29-23-21-25-15-11-13-17-27(25)33(29)35)19-9-7-6-8-10-20-32-36(3,4)34-28-18-14-12-16-26(28)22-24-30(34)39(32)37/h6-14,16,18-24,32H,15,17H2,1-5H3/b8-6+,9-7+,20-10+,31-19+. The van der Waals surface area contributed by atoms with E-state index in [9.17, 15) is 0 Å². The van der Waals surface area contributed by atoms with Gasteiger partial charge in [-0.1, -0.05) is 113 Å². The molecule has 3 aromatic carbocycles. The van der Waals surface area contributed by atoms with Gasteiger partial charge in [-0.2, -0.15) is 0 Å².